The van der Waals surface area contributed by atoms with Crippen molar-refractivity contribution in [1.82, 2.24) is 15.3 Å². The maximum Gasteiger partial charge on any atom is 0.145 e. The molecule has 4 rings (SSSR count). The smallest absolute Gasteiger partial charge is 0.145 e. The molecular formula is C20H21FN4O. The Balaban J connectivity index is 1.74. The Morgan fingerprint density at radius 2 is 2.04 bits per heavy atom. The molecule has 0 amide bonds. The standard InChI is InChI=1S/C20H21FN4O/c1-26-18-10-14(13-4-6-15(21)7-5-13)9-17-19(18)24-12-25-20(17)23-11-16-3-2-8-22-16/h4-7,9-10,12,16,22H,2-3,8,11H2,1H3,(H,23,24,25). The lowest BCUT2D eigenvalue weighted by molar-refractivity contribution is 0.419. The summed E-state index contributed by atoms with van der Waals surface area (Å²) in [7, 11) is 1.63. The first-order valence-corrected chi connectivity index (χ1v) is 8.80. The van der Waals surface area contributed by atoms with Gasteiger partial charge >= 0.3 is 0 Å². The fourth-order valence-electron chi connectivity index (χ4n) is 3.39. The van der Waals surface area contributed by atoms with Gasteiger partial charge in [-0.25, -0.2) is 14.4 Å². The molecule has 0 spiro atoms. The van der Waals surface area contributed by atoms with Gasteiger partial charge in [0.25, 0.3) is 0 Å². The average Bonchev–Trinajstić information content (AvgIpc) is 3.19. The van der Waals surface area contributed by atoms with Crippen molar-refractivity contribution in [1.29, 1.82) is 0 Å². The predicted molar refractivity (Wildman–Crippen MR) is 101 cm³/mol. The summed E-state index contributed by atoms with van der Waals surface area (Å²) in [6.45, 7) is 1.88. The van der Waals surface area contributed by atoms with Crippen molar-refractivity contribution in [2.24, 2.45) is 0 Å². The summed E-state index contributed by atoms with van der Waals surface area (Å²) in [5.74, 6) is 1.20. The van der Waals surface area contributed by atoms with Gasteiger partial charge in [0.15, 0.2) is 0 Å². The molecule has 1 aromatic heterocycles. The highest BCUT2D eigenvalue weighted by atomic mass is 19.1. The molecule has 2 heterocycles. The third-order valence-electron chi connectivity index (χ3n) is 4.78. The molecule has 1 saturated heterocycles. The number of anilines is 1. The van der Waals surface area contributed by atoms with Gasteiger partial charge in [0.1, 0.15) is 29.2 Å². The highest BCUT2D eigenvalue weighted by molar-refractivity contribution is 5.96. The molecule has 3 aromatic rings. The lowest BCUT2D eigenvalue weighted by Crippen LogP contribution is -2.29. The molecule has 0 saturated carbocycles. The first kappa shape index (κ1) is 16.7. The van der Waals surface area contributed by atoms with E-state index in [0.29, 0.717) is 11.8 Å². The molecule has 2 N–H and O–H groups in total. The van der Waals surface area contributed by atoms with Gasteiger partial charge in [-0.3, -0.25) is 0 Å². The highest BCUT2D eigenvalue weighted by Gasteiger charge is 2.16. The molecule has 1 atom stereocenters. The third kappa shape index (κ3) is 3.32. The van der Waals surface area contributed by atoms with Crippen molar-refractivity contribution < 1.29 is 9.13 Å². The van der Waals surface area contributed by atoms with E-state index >= 15 is 0 Å². The number of nitrogens with one attached hydrogen (secondary N) is 2. The molecule has 0 radical (unpaired) electrons. The Bertz CT molecular complexity index is 908. The number of benzene rings is 2. The molecule has 0 aliphatic carbocycles. The Hall–Kier alpha value is -2.73. The van der Waals surface area contributed by atoms with Crippen LogP contribution in [0.4, 0.5) is 10.2 Å². The number of ether oxygens (including phenoxy) is 1. The van der Waals surface area contributed by atoms with Crippen LogP contribution in [-0.2, 0) is 0 Å². The van der Waals surface area contributed by atoms with Crippen LogP contribution in [-0.4, -0.2) is 36.2 Å². The maximum absolute atomic E-state index is 13.3. The van der Waals surface area contributed by atoms with Crippen molar-refractivity contribution >= 4 is 16.7 Å². The van der Waals surface area contributed by atoms with E-state index < -0.39 is 0 Å². The van der Waals surface area contributed by atoms with Crippen LogP contribution in [0.25, 0.3) is 22.0 Å². The van der Waals surface area contributed by atoms with Gasteiger partial charge in [0.2, 0.25) is 0 Å². The van der Waals surface area contributed by atoms with Gasteiger partial charge in [-0.15, -0.1) is 0 Å². The van der Waals surface area contributed by atoms with Crippen LogP contribution >= 0.6 is 0 Å². The van der Waals surface area contributed by atoms with E-state index in [0.717, 1.165) is 40.9 Å². The van der Waals surface area contributed by atoms with Gasteiger partial charge in [0, 0.05) is 18.0 Å². The second-order valence-electron chi connectivity index (χ2n) is 6.48. The van der Waals surface area contributed by atoms with Crippen LogP contribution in [0.1, 0.15) is 12.8 Å². The molecule has 5 nitrogen and oxygen atoms in total. The van der Waals surface area contributed by atoms with E-state index in [1.165, 1.54) is 25.0 Å². The summed E-state index contributed by atoms with van der Waals surface area (Å²) in [4.78, 5) is 8.82. The number of rotatable bonds is 5. The monoisotopic (exact) mass is 352 g/mol. The summed E-state index contributed by atoms with van der Waals surface area (Å²) in [5.41, 5.74) is 2.61. The third-order valence-corrected chi connectivity index (χ3v) is 4.78. The van der Waals surface area contributed by atoms with E-state index in [9.17, 15) is 4.39 Å². The molecule has 1 aliphatic rings. The van der Waals surface area contributed by atoms with E-state index in [2.05, 4.69) is 20.6 Å². The molecule has 0 bridgehead atoms. The number of aromatic nitrogens is 2. The van der Waals surface area contributed by atoms with Crippen LogP contribution in [0.2, 0.25) is 0 Å². The van der Waals surface area contributed by atoms with Gasteiger partial charge in [0.05, 0.1) is 7.11 Å². The zero-order valence-corrected chi connectivity index (χ0v) is 14.6. The molecule has 1 aliphatic heterocycles. The van der Waals surface area contributed by atoms with Crippen LogP contribution in [0.15, 0.2) is 42.7 Å². The van der Waals surface area contributed by atoms with Crippen molar-refractivity contribution in [3.63, 3.8) is 0 Å². The quantitative estimate of drug-likeness (QED) is 0.735. The van der Waals surface area contributed by atoms with Crippen LogP contribution < -0.4 is 15.4 Å². The molecule has 6 heteroatoms. The van der Waals surface area contributed by atoms with Crippen LogP contribution in [0.3, 0.4) is 0 Å². The van der Waals surface area contributed by atoms with Crippen molar-refractivity contribution in [2.45, 2.75) is 18.9 Å². The fourth-order valence-corrected chi connectivity index (χ4v) is 3.39. The number of fused-ring (bicyclic) bond motifs is 1. The number of nitrogens with zero attached hydrogens (tertiary/aromatic N) is 2. The first-order valence-electron chi connectivity index (χ1n) is 8.80. The molecule has 1 unspecified atom stereocenters. The van der Waals surface area contributed by atoms with Crippen molar-refractivity contribution in [3.05, 3.63) is 48.5 Å². The first-order chi connectivity index (χ1) is 12.7. The highest BCUT2D eigenvalue weighted by Crippen LogP contribution is 2.34. The molecule has 134 valence electrons. The minimum absolute atomic E-state index is 0.253. The predicted octanol–water partition coefficient (Wildman–Crippen LogP) is 3.61. The van der Waals surface area contributed by atoms with Crippen molar-refractivity contribution in [3.8, 4) is 16.9 Å². The number of hydrogen-bond acceptors (Lipinski definition) is 5. The minimum atomic E-state index is -0.253. The van der Waals surface area contributed by atoms with Gasteiger partial charge in [-0.2, -0.15) is 0 Å². The van der Waals surface area contributed by atoms with Crippen molar-refractivity contribution in [2.75, 3.05) is 25.5 Å². The zero-order chi connectivity index (χ0) is 17.9. The van der Waals surface area contributed by atoms with E-state index in [4.69, 9.17) is 4.74 Å². The van der Waals surface area contributed by atoms with Gasteiger partial charge in [-0.1, -0.05) is 12.1 Å². The van der Waals surface area contributed by atoms with Gasteiger partial charge in [-0.05, 0) is 54.8 Å². The van der Waals surface area contributed by atoms with Gasteiger partial charge < -0.3 is 15.4 Å². The topological polar surface area (TPSA) is 59.1 Å². The van der Waals surface area contributed by atoms with Crippen LogP contribution in [0, 0.1) is 5.82 Å². The Morgan fingerprint density at radius 1 is 1.19 bits per heavy atom. The lowest BCUT2D eigenvalue weighted by atomic mass is 10.0. The average molecular weight is 352 g/mol. The van der Waals surface area contributed by atoms with Crippen LogP contribution in [0.5, 0.6) is 5.75 Å². The SMILES string of the molecule is COc1cc(-c2ccc(F)cc2)cc2c(NCC3CCCN3)ncnc12. The second-order valence-corrected chi connectivity index (χ2v) is 6.48. The zero-order valence-electron chi connectivity index (χ0n) is 14.6. The largest absolute Gasteiger partial charge is 0.494 e. The molecular weight excluding hydrogens is 331 g/mol. The number of methoxy groups -OCH3 is 1. The number of halogens is 1. The Kier molecular flexibility index (Phi) is 4.67. The van der Waals surface area contributed by atoms with E-state index in [-0.39, 0.29) is 5.82 Å². The summed E-state index contributed by atoms with van der Waals surface area (Å²) in [6, 6.07) is 10.8. The Labute approximate surface area is 151 Å². The molecule has 1 fully saturated rings. The fraction of sp³-hybridized carbons (Fsp3) is 0.300. The second kappa shape index (κ2) is 7.25. The summed E-state index contributed by atoms with van der Waals surface area (Å²) < 4.78 is 18.8. The van der Waals surface area contributed by atoms with E-state index in [1.807, 2.05) is 12.1 Å². The number of hydrogen-bond donors (Lipinski definition) is 2. The van der Waals surface area contributed by atoms with E-state index in [1.54, 1.807) is 25.6 Å². The summed E-state index contributed by atoms with van der Waals surface area (Å²) in [5, 5.41) is 7.81. The summed E-state index contributed by atoms with van der Waals surface area (Å²) in [6.07, 6.45) is 3.92. The lowest BCUT2D eigenvalue weighted by Gasteiger charge is -2.15. The minimum Gasteiger partial charge on any atom is -0.494 e. The normalized spacial score (nSPS) is 16.8. The maximum atomic E-state index is 13.3. The summed E-state index contributed by atoms with van der Waals surface area (Å²) >= 11 is 0. The molecule has 2 aromatic carbocycles. The molecule has 26 heavy (non-hydrogen) atoms. The Morgan fingerprint density at radius 3 is 2.77 bits per heavy atom.